The third kappa shape index (κ3) is 3.66. The molecule has 3 atom stereocenters. The highest BCUT2D eigenvalue weighted by atomic mass is 32.1. The van der Waals surface area contributed by atoms with Crippen molar-refractivity contribution in [3.63, 3.8) is 0 Å². The van der Waals surface area contributed by atoms with Crippen LogP contribution in [0.15, 0.2) is 18.2 Å². The van der Waals surface area contributed by atoms with E-state index in [1.165, 1.54) is 11.5 Å². The second-order valence-electron chi connectivity index (χ2n) is 9.67. The van der Waals surface area contributed by atoms with Crippen LogP contribution in [0, 0.1) is 5.92 Å². The summed E-state index contributed by atoms with van der Waals surface area (Å²) in [5, 5.41) is 4.06. The molecule has 5 aliphatic rings. The molecule has 5 fully saturated rings. The minimum Gasteiger partial charge on any atom is -0.366 e. The summed E-state index contributed by atoms with van der Waals surface area (Å²) in [6.45, 7) is 3.41. The fourth-order valence-corrected chi connectivity index (χ4v) is 6.93. The number of piperazine rings is 1. The van der Waals surface area contributed by atoms with Crippen molar-refractivity contribution in [2.75, 3.05) is 44.2 Å². The van der Waals surface area contributed by atoms with Crippen LogP contribution in [0.4, 0.5) is 18.9 Å². The Bertz CT molecular complexity index is 1030. The molecule has 6 nitrogen and oxygen atoms in total. The monoisotopic (exact) mass is 465 g/mol. The lowest BCUT2D eigenvalue weighted by molar-refractivity contribution is -0.148. The third-order valence-electron chi connectivity index (χ3n) is 7.71. The van der Waals surface area contributed by atoms with Crippen molar-refractivity contribution in [3.8, 4) is 0 Å². The van der Waals surface area contributed by atoms with E-state index in [0.717, 1.165) is 54.7 Å². The molecule has 1 aromatic heterocycles. The summed E-state index contributed by atoms with van der Waals surface area (Å²) in [5.74, 6) is 0.453. The maximum atomic E-state index is 13.0. The number of hydrogen-bond acceptors (Lipinski definition) is 6. The van der Waals surface area contributed by atoms with Crippen molar-refractivity contribution in [1.82, 2.24) is 19.5 Å². The Morgan fingerprint density at radius 1 is 1.16 bits per heavy atom. The Labute approximate surface area is 188 Å². The first kappa shape index (κ1) is 20.7. The highest BCUT2D eigenvalue weighted by Gasteiger charge is 2.46. The number of rotatable bonds is 4. The summed E-state index contributed by atoms with van der Waals surface area (Å²) in [6.07, 6.45) is -1.10. The van der Waals surface area contributed by atoms with Crippen LogP contribution in [0.2, 0.25) is 0 Å². The number of nitrogens with one attached hydrogen (secondary N) is 1. The van der Waals surface area contributed by atoms with Gasteiger partial charge in [-0.1, -0.05) is 0 Å². The normalized spacial score (nSPS) is 32.2. The summed E-state index contributed by atoms with van der Waals surface area (Å²) in [7, 11) is 0. The van der Waals surface area contributed by atoms with Crippen molar-refractivity contribution < 1.29 is 18.0 Å². The summed E-state index contributed by atoms with van der Waals surface area (Å²) in [5.41, 5.74) is 1.48. The van der Waals surface area contributed by atoms with Gasteiger partial charge in [0.25, 0.3) is 5.91 Å². The first-order valence-corrected chi connectivity index (χ1v) is 12.1. The van der Waals surface area contributed by atoms with Gasteiger partial charge >= 0.3 is 6.18 Å². The van der Waals surface area contributed by atoms with Gasteiger partial charge in [0.05, 0.1) is 11.2 Å². The van der Waals surface area contributed by atoms with Crippen LogP contribution in [0.1, 0.15) is 29.8 Å². The molecule has 0 saturated carbocycles. The number of carbonyl (C=O) groups excluding carboxylic acids is 1. The number of benzene rings is 1. The first-order valence-electron chi connectivity index (χ1n) is 11.3. The van der Waals surface area contributed by atoms with E-state index in [2.05, 4.69) is 19.5 Å². The number of fused-ring (bicyclic) bond motifs is 6. The van der Waals surface area contributed by atoms with Crippen LogP contribution in [0.5, 0.6) is 0 Å². The number of halogens is 3. The van der Waals surface area contributed by atoms with Crippen LogP contribution in [0.3, 0.4) is 0 Å². The topological polar surface area (TPSA) is 51.7 Å². The third-order valence-corrected chi connectivity index (χ3v) is 8.52. The van der Waals surface area contributed by atoms with E-state index in [9.17, 15) is 18.0 Å². The summed E-state index contributed by atoms with van der Waals surface area (Å²) < 4.78 is 43.8. The lowest BCUT2D eigenvalue weighted by atomic mass is 9.84. The highest BCUT2D eigenvalue weighted by Crippen LogP contribution is 2.38. The van der Waals surface area contributed by atoms with E-state index >= 15 is 0 Å². The van der Waals surface area contributed by atoms with Gasteiger partial charge in [0.1, 0.15) is 5.69 Å². The molecule has 2 aromatic rings. The molecule has 0 radical (unpaired) electrons. The molecule has 32 heavy (non-hydrogen) atoms. The minimum absolute atomic E-state index is 0.0540. The molecule has 4 bridgehead atoms. The molecule has 5 saturated heterocycles. The molecule has 0 spiro atoms. The Hall–Kier alpha value is -1.91. The van der Waals surface area contributed by atoms with Crippen molar-refractivity contribution in [3.05, 3.63) is 23.9 Å². The zero-order valence-electron chi connectivity index (χ0n) is 17.6. The fraction of sp³-hybridized carbons (Fsp3) is 0.636. The van der Waals surface area contributed by atoms with Gasteiger partial charge in [0.15, 0.2) is 0 Å². The number of alkyl halides is 3. The molecular weight excluding hydrogens is 439 g/mol. The Morgan fingerprint density at radius 2 is 1.97 bits per heavy atom. The summed E-state index contributed by atoms with van der Waals surface area (Å²) in [6, 6.07) is 6.21. The molecule has 6 heterocycles. The quantitative estimate of drug-likeness (QED) is 0.753. The van der Waals surface area contributed by atoms with Crippen molar-refractivity contribution in [1.29, 1.82) is 0 Å². The van der Waals surface area contributed by atoms with Crippen LogP contribution in [-0.2, 0) is 0 Å². The largest absolute Gasteiger partial charge is 0.401 e. The molecule has 1 aromatic carbocycles. The Kier molecular flexibility index (Phi) is 4.89. The van der Waals surface area contributed by atoms with Gasteiger partial charge < -0.3 is 15.1 Å². The van der Waals surface area contributed by atoms with E-state index in [-0.39, 0.29) is 24.0 Å². The SMILES string of the molecule is O=C(N[C@H]1CN2CCC1CC2)c1nsc2cc(N3C[C@@H]4C[C@H]3CN4CC(F)(F)F)ccc12. The standard InChI is InChI=1S/C22H26F3N5OS/c23-22(24,25)12-29-9-16-7-15(29)10-30(16)14-1-2-17-19(8-14)32-27-20(17)21(31)26-18-11-28-5-3-13(18)4-6-28/h1-2,8,13,15-16,18H,3-7,9-12H2,(H,26,31)/t15-,16-,18-/m0/s1. The van der Waals surface area contributed by atoms with Crippen molar-refractivity contribution >= 4 is 33.2 Å². The lowest BCUT2D eigenvalue weighted by Gasteiger charge is -2.44. The van der Waals surface area contributed by atoms with E-state index in [0.29, 0.717) is 24.7 Å². The number of aromatic nitrogens is 1. The first-order chi connectivity index (χ1) is 15.3. The smallest absolute Gasteiger partial charge is 0.366 e. The van der Waals surface area contributed by atoms with Gasteiger partial charge in [-0.2, -0.15) is 17.5 Å². The maximum absolute atomic E-state index is 13.0. The highest BCUT2D eigenvalue weighted by molar-refractivity contribution is 7.13. The van der Waals surface area contributed by atoms with Crippen molar-refractivity contribution in [2.45, 2.75) is 43.6 Å². The number of piperidine rings is 3. The van der Waals surface area contributed by atoms with Crippen LogP contribution < -0.4 is 10.2 Å². The molecule has 7 rings (SSSR count). The zero-order chi connectivity index (χ0) is 22.0. The maximum Gasteiger partial charge on any atom is 0.401 e. The minimum atomic E-state index is -4.15. The zero-order valence-corrected chi connectivity index (χ0v) is 18.5. The number of likely N-dealkylation sites (tertiary alicyclic amines) is 1. The summed E-state index contributed by atoms with van der Waals surface area (Å²) >= 11 is 1.31. The van der Waals surface area contributed by atoms with Gasteiger partial charge in [0, 0.05) is 48.8 Å². The molecular formula is C22H26F3N5OS. The van der Waals surface area contributed by atoms with Gasteiger partial charge in [-0.05, 0) is 68.0 Å². The Morgan fingerprint density at radius 3 is 2.62 bits per heavy atom. The molecule has 1 amide bonds. The Balaban J connectivity index is 1.15. The molecule has 1 N–H and O–H groups in total. The predicted molar refractivity (Wildman–Crippen MR) is 117 cm³/mol. The predicted octanol–water partition coefficient (Wildman–Crippen LogP) is 2.95. The van der Waals surface area contributed by atoms with Gasteiger partial charge in [0.2, 0.25) is 0 Å². The van der Waals surface area contributed by atoms with E-state index in [1.807, 2.05) is 18.2 Å². The number of nitrogens with zero attached hydrogens (tertiary/aromatic N) is 4. The van der Waals surface area contributed by atoms with Crippen molar-refractivity contribution in [2.24, 2.45) is 5.92 Å². The number of anilines is 1. The number of carbonyl (C=O) groups is 1. The molecule has 172 valence electrons. The van der Waals surface area contributed by atoms with Gasteiger partial charge in [-0.25, -0.2) is 0 Å². The van der Waals surface area contributed by atoms with Gasteiger partial charge in [-0.15, -0.1) is 0 Å². The van der Waals surface area contributed by atoms with E-state index in [1.54, 1.807) is 4.90 Å². The van der Waals surface area contributed by atoms with E-state index < -0.39 is 12.7 Å². The number of hydrogen-bond donors (Lipinski definition) is 1. The van der Waals surface area contributed by atoms with Gasteiger partial charge in [-0.3, -0.25) is 9.69 Å². The molecule has 10 heteroatoms. The second-order valence-corrected chi connectivity index (χ2v) is 10.5. The average Bonchev–Trinajstić information content (AvgIpc) is 3.46. The van der Waals surface area contributed by atoms with Crippen LogP contribution in [0.25, 0.3) is 10.1 Å². The average molecular weight is 466 g/mol. The molecule has 0 unspecified atom stereocenters. The second kappa shape index (κ2) is 7.56. The molecule has 0 aliphatic carbocycles. The van der Waals surface area contributed by atoms with Crippen LogP contribution >= 0.6 is 11.5 Å². The lowest BCUT2D eigenvalue weighted by Crippen LogP contribution is -2.57. The number of amides is 1. The van der Waals surface area contributed by atoms with Crippen LogP contribution in [-0.4, -0.2) is 83.7 Å². The molecule has 5 aliphatic heterocycles. The summed E-state index contributed by atoms with van der Waals surface area (Å²) in [4.78, 5) is 19.2. The fourth-order valence-electron chi connectivity index (χ4n) is 6.12. The van der Waals surface area contributed by atoms with E-state index in [4.69, 9.17) is 0 Å².